The molecule has 18 heavy (non-hydrogen) atoms. The molecule has 2 aromatic heterocycles. The molecule has 0 aliphatic rings. The lowest BCUT2D eigenvalue weighted by Gasteiger charge is -2.19. The van der Waals surface area contributed by atoms with Crippen molar-refractivity contribution in [2.75, 3.05) is 6.54 Å². The van der Waals surface area contributed by atoms with Crippen molar-refractivity contribution in [3.63, 3.8) is 0 Å². The molecular weight excluding hydrogens is 268 g/mol. The van der Waals surface area contributed by atoms with Crippen LogP contribution < -0.4 is 0 Å². The molecule has 0 aromatic carbocycles. The van der Waals surface area contributed by atoms with E-state index in [1.165, 1.54) is 10.4 Å². The van der Waals surface area contributed by atoms with Crippen LogP contribution in [-0.4, -0.2) is 16.6 Å². The molecule has 0 atom stereocenters. The van der Waals surface area contributed by atoms with Gasteiger partial charge in [-0.25, -0.2) is 0 Å². The first-order valence-electron chi connectivity index (χ1n) is 5.98. The molecule has 0 radical (unpaired) electrons. The summed E-state index contributed by atoms with van der Waals surface area (Å²) in [5.74, 6) is 0.912. The van der Waals surface area contributed by atoms with Crippen molar-refractivity contribution in [1.29, 1.82) is 0 Å². The van der Waals surface area contributed by atoms with Gasteiger partial charge < -0.3 is 4.52 Å². The van der Waals surface area contributed by atoms with Gasteiger partial charge in [0.15, 0.2) is 0 Å². The van der Waals surface area contributed by atoms with Crippen LogP contribution in [0.15, 0.2) is 16.7 Å². The zero-order valence-electron chi connectivity index (χ0n) is 10.9. The highest BCUT2D eigenvalue weighted by molar-refractivity contribution is 7.16. The molecule has 3 nitrogen and oxygen atoms in total. The third-order valence-electron chi connectivity index (χ3n) is 3.02. The molecule has 2 heterocycles. The van der Waals surface area contributed by atoms with Crippen LogP contribution >= 0.6 is 22.9 Å². The summed E-state index contributed by atoms with van der Waals surface area (Å²) in [5.41, 5.74) is 2.18. The van der Waals surface area contributed by atoms with E-state index in [0.29, 0.717) is 0 Å². The summed E-state index contributed by atoms with van der Waals surface area (Å²) in [4.78, 5) is 3.64. The molecule has 5 heteroatoms. The standard InChI is InChI=1S/C13H17ClN2OS/c1-4-16(7-11-5-6-13(14)18-11)8-12-9(2)15-17-10(12)3/h5-6H,4,7-8H2,1-3H3. The van der Waals surface area contributed by atoms with Gasteiger partial charge in [-0.1, -0.05) is 23.7 Å². The maximum Gasteiger partial charge on any atom is 0.138 e. The van der Waals surface area contributed by atoms with E-state index in [2.05, 4.69) is 23.0 Å². The van der Waals surface area contributed by atoms with Crippen LogP contribution in [0.2, 0.25) is 4.34 Å². The molecule has 0 aliphatic carbocycles. The van der Waals surface area contributed by atoms with Crippen LogP contribution in [0.4, 0.5) is 0 Å². The van der Waals surface area contributed by atoms with E-state index in [4.69, 9.17) is 16.1 Å². The van der Waals surface area contributed by atoms with Gasteiger partial charge >= 0.3 is 0 Å². The maximum absolute atomic E-state index is 5.96. The largest absolute Gasteiger partial charge is 0.361 e. The van der Waals surface area contributed by atoms with E-state index >= 15 is 0 Å². The molecule has 0 N–H and O–H groups in total. The normalized spacial score (nSPS) is 11.4. The number of nitrogens with zero attached hydrogens (tertiary/aromatic N) is 2. The highest BCUT2D eigenvalue weighted by Gasteiger charge is 2.13. The van der Waals surface area contributed by atoms with E-state index in [-0.39, 0.29) is 0 Å². The molecule has 98 valence electrons. The lowest BCUT2D eigenvalue weighted by atomic mass is 10.2. The zero-order valence-corrected chi connectivity index (χ0v) is 12.4. The second-order valence-corrected chi connectivity index (χ2v) is 6.11. The van der Waals surface area contributed by atoms with E-state index in [1.54, 1.807) is 11.3 Å². The zero-order chi connectivity index (χ0) is 13.1. The summed E-state index contributed by atoms with van der Waals surface area (Å²) < 4.78 is 6.05. The third kappa shape index (κ3) is 3.13. The molecule has 0 bridgehead atoms. The quantitative estimate of drug-likeness (QED) is 0.830. The average Bonchev–Trinajstić information content (AvgIpc) is 2.88. The molecule has 0 saturated carbocycles. The fourth-order valence-corrected chi connectivity index (χ4v) is 3.02. The van der Waals surface area contributed by atoms with Gasteiger partial charge in [0.1, 0.15) is 5.76 Å². The van der Waals surface area contributed by atoms with Crippen molar-refractivity contribution in [1.82, 2.24) is 10.1 Å². The smallest absolute Gasteiger partial charge is 0.138 e. The molecule has 0 amide bonds. The second kappa shape index (κ2) is 5.87. The Hall–Kier alpha value is -0.840. The average molecular weight is 285 g/mol. The molecular formula is C13H17ClN2OS. The first-order valence-corrected chi connectivity index (χ1v) is 7.18. The van der Waals surface area contributed by atoms with Gasteiger partial charge in [-0.3, -0.25) is 4.90 Å². The summed E-state index contributed by atoms with van der Waals surface area (Å²) in [5, 5.41) is 3.99. The van der Waals surface area contributed by atoms with Crippen LogP contribution in [-0.2, 0) is 13.1 Å². The molecule has 0 aliphatic heterocycles. The van der Waals surface area contributed by atoms with Crippen molar-refractivity contribution in [3.05, 3.63) is 38.4 Å². The molecule has 0 unspecified atom stereocenters. The second-order valence-electron chi connectivity index (χ2n) is 4.31. The van der Waals surface area contributed by atoms with Crippen molar-refractivity contribution < 1.29 is 4.52 Å². The van der Waals surface area contributed by atoms with Gasteiger partial charge in [0.05, 0.1) is 10.0 Å². The number of thiophene rings is 1. The fourth-order valence-electron chi connectivity index (χ4n) is 1.89. The van der Waals surface area contributed by atoms with Crippen LogP contribution in [0.1, 0.15) is 28.8 Å². The molecule has 2 rings (SSSR count). The maximum atomic E-state index is 5.96. The van der Waals surface area contributed by atoms with Gasteiger partial charge in [0.2, 0.25) is 0 Å². The van der Waals surface area contributed by atoms with E-state index in [1.807, 2.05) is 19.9 Å². The Morgan fingerprint density at radius 1 is 1.33 bits per heavy atom. The van der Waals surface area contributed by atoms with E-state index in [9.17, 15) is 0 Å². The Morgan fingerprint density at radius 3 is 2.61 bits per heavy atom. The summed E-state index contributed by atoms with van der Waals surface area (Å²) in [7, 11) is 0. The lowest BCUT2D eigenvalue weighted by molar-refractivity contribution is 0.271. The third-order valence-corrected chi connectivity index (χ3v) is 4.23. The summed E-state index contributed by atoms with van der Waals surface area (Å²) in [6, 6.07) is 4.04. The summed E-state index contributed by atoms with van der Waals surface area (Å²) in [6.07, 6.45) is 0. The van der Waals surface area contributed by atoms with E-state index in [0.717, 1.165) is 35.4 Å². The first kappa shape index (κ1) is 13.6. The van der Waals surface area contributed by atoms with Gasteiger partial charge in [0, 0.05) is 23.5 Å². The number of aromatic nitrogens is 1. The predicted octanol–water partition coefficient (Wildman–Crippen LogP) is 4.03. The predicted molar refractivity (Wildman–Crippen MR) is 75.1 cm³/mol. The van der Waals surface area contributed by atoms with Crippen molar-refractivity contribution in [2.24, 2.45) is 0 Å². The number of hydrogen-bond donors (Lipinski definition) is 0. The lowest BCUT2D eigenvalue weighted by Crippen LogP contribution is -2.22. The van der Waals surface area contributed by atoms with Gasteiger partial charge in [-0.05, 0) is 32.5 Å². The number of halogens is 1. The van der Waals surface area contributed by atoms with Crippen LogP contribution in [0.5, 0.6) is 0 Å². The minimum Gasteiger partial charge on any atom is -0.361 e. The Kier molecular flexibility index (Phi) is 4.43. The fraction of sp³-hybridized carbons (Fsp3) is 0.462. The minimum atomic E-state index is 0.846. The van der Waals surface area contributed by atoms with Gasteiger partial charge in [0.25, 0.3) is 0 Å². The van der Waals surface area contributed by atoms with Gasteiger partial charge in [-0.15, -0.1) is 11.3 Å². The Labute approximate surface area is 116 Å². The Morgan fingerprint density at radius 2 is 2.11 bits per heavy atom. The number of aryl methyl sites for hydroxylation is 2. The first-order chi connectivity index (χ1) is 8.60. The topological polar surface area (TPSA) is 29.3 Å². The molecule has 0 spiro atoms. The minimum absolute atomic E-state index is 0.846. The van der Waals surface area contributed by atoms with Gasteiger partial charge in [-0.2, -0.15) is 0 Å². The number of hydrogen-bond acceptors (Lipinski definition) is 4. The number of rotatable bonds is 5. The SMILES string of the molecule is CCN(Cc1ccc(Cl)s1)Cc1c(C)noc1C. The van der Waals surface area contributed by atoms with E-state index < -0.39 is 0 Å². The molecule has 0 fully saturated rings. The van der Waals surface area contributed by atoms with Crippen LogP contribution in [0.3, 0.4) is 0 Å². The monoisotopic (exact) mass is 284 g/mol. The Bertz CT molecular complexity index is 501. The van der Waals surface area contributed by atoms with Crippen LogP contribution in [0.25, 0.3) is 0 Å². The van der Waals surface area contributed by atoms with Crippen molar-refractivity contribution in [3.8, 4) is 0 Å². The molecule has 0 saturated heterocycles. The van der Waals surface area contributed by atoms with Crippen molar-refractivity contribution in [2.45, 2.75) is 33.9 Å². The molecule has 2 aromatic rings. The van der Waals surface area contributed by atoms with Crippen LogP contribution in [0, 0.1) is 13.8 Å². The highest BCUT2D eigenvalue weighted by Crippen LogP contribution is 2.24. The van der Waals surface area contributed by atoms with Crippen molar-refractivity contribution >= 4 is 22.9 Å². The summed E-state index contributed by atoms with van der Waals surface area (Å²) in [6.45, 7) is 8.88. The Balaban J connectivity index is 2.06. The highest BCUT2D eigenvalue weighted by atomic mass is 35.5. The summed E-state index contributed by atoms with van der Waals surface area (Å²) >= 11 is 7.59.